The van der Waals surface area contributed by atoms with Gasteiger partial charge in [-0.25, -0.2) is 0 Å². The molecule has 1 N–H and O–H groups in total. The zero-order valence-electron chi connectivity index (χ0n) is 20.0. The molecule has 7 heteroatoms. The zero-order valence-corrected chi connectivity index (χ0v) is 20.0. The third-order valence-corrected chi connectivity index (χ3v) is 5.54. The fourth-order valence-electron chi connectivity index (χ4n) is 3.77. The normalized spacial score (nSPS) is 17.3. The number of rotatable bonds is 11. The maximum Gasteiger partial charge on any atom is 0.295 e. The maximum absolute atomic E-state index is 13.5. The molecule has 1 atom stereocenters. The summed E-state index contributed by atoms with van der Waals surface area (Å²) in [4.78, 5) is 28.7. The molecule has 1 aliphatic heterocycles. The Kier molecular flexibility index (Phi) is 8.49. The third-order valence-electron chi connectivity index (χ3n) is 5.54. The minimum atomic E-state index is -0.753. The van der Waals surface area contributed by atoms with Crippen LogP contribution in [-0.4, -0.2) is 57.0 Å². The molecule has 3 rings (SSSR count). The summed E-state index contributed by atoms with van der Waals surface area (Å²) >= 11 is 0. The van der Waals surface area contributed by atoms with Crippen LogP contribution in [0, 0.1) is 0 Å². The van der Waals surface area contributed by atoms with Crippen molar-refractivity contribution >= 4 is 17.4 Å². The molecule has 1 aliphatic rings. The van der Waals surface area contributed by atoms with Crippen molar-refractivity contribution in [1.29, 1.82) is 0 Å². The number of hydrogen-bond acceptors (Lipinski definition) is 5. The van der Waals surface area contributed by atoms with E-state index < -0.39 is 23.5 Å². The van der Waals surface area contributed by atoms with Crippen LogP contribution in [0.3, 0.4) is 0 Å². The first-order valence-corrected chi connectivity index (χ1v) is 11.5. The Hall–Kier alpha value is -3.58. The number of ketones is 1. The van der Waals surface area contributed by atoms with Crippen molar-refractivity contribution in [1.82, 2.24) is 4.90 Å². The van der Waals surface area contributed by atoms with E-state index in [4.69, 9.17) is 9.47 Å². The van der Waals surface area contributed by atoms with Crippen LogP contribution >= 0.6 is 0 Å². The second-order valence-electron chi connectivity index (χ2n) is 8.47. The third kappa shape index (κ3) is 5.66. The van der Waals surface area contributed by atoms with Gasteiger partial charge >= 0.3 is 0 Å². The molecule has 180 valence electrons. The molecule has 7 nitrogen and oxygen atoms in total. The Balaban J connectivity index is 2.02. The number of amides is 1. The van der Waals surface area contributed by atoms with E-state index in [1.54, 1.807) is 54.6 Å². The Morgan fingerprint density at radius 1 is 1.06 bits per heavy atom. The van der Waals surface area contributed by atoms with Crippen LogP contribution in [0.5, 0.6) is 11.5 Å². The van der Waals surface area contributed by atoms with Crippen molar-refractivity contribution in [2.75, 3.05) is 40.4 Å². The van der Waals surface area contributed by atoms with Gasteiger partial charge in [-0.1, -0.05) is 49.6 Å². The molecule has 2 aromatic carbocycles. The molecule has 1 amide bonds. The highest BCUT2D eigenvalue weighted by Gasteiger charge is 2.44. The Bertz CT molecular complexity index is 1040. The first-order chi connectivity index (χ1) is 16.4. The second-order valence-corrected chi connectivity index (χ2v) is 8.47. The number of benzene rings is 2. The summed E-state index contributed by atoms with van der Waals surface area (Å²) in [5, 5.41) is 13.5. The van der Waals surface area contributed by atoms with E-state index in [1.807, 2.05) is 21.0 Å². The molecular formula is C27H32N2O5. The van der Waals surface area contributed by atoms with E-state index >= 15 is 0 Å². The predicted octanol–water partition coefficient (Wildman–Crippen LogP) is 1.41. The van der Waals surface area contributed by atoms with Crippen LogP contribution in [0.15, 0.2) is 66.8 Å². The lowest BCUT2D eigenvalue weighted by Gasteiger charge is -2.28. The van der Waals surface area contributed by atoms with Gasteiger partial charge in [0.15, 0.2) is 0 Å². The van der Waals surface area contributed by atoms with Crippen molar-refractivity contribution < 1.29 is 29.1 Å². The maximum atomic E-state index is 13.5. The molecule has 0 aliphatic carbocycles. The molecule has 1 fully saturated rings. The lowest BCUT2D eigenvalue weighted by Crippen LogP contribution is -3.06. The number of nitrogens with zero attached hydrogens (tertiary/aromatic N) is 1. The number of carbonyl (C=O) groups excluding carboxylic acids is 2. The van der Waals surface area contributed by atoms with Crippen molar-refractivity contribution in [3.63, 3.8) is 0 Å². The minimum absolute atomic E-state index is 0.0271. The standard InChI is InChI=1S/C27H32N2O5/c1-5-17-33-21-11-7-19(8-12-21)24-23(26(31)27(32)29(24)16-15-28(3)4)25(30)20-9-13-22(14-10-20)34-18-6-2/h5,7-14,24,30H,1,6,15-18H2,2-4H3. The number of ether oxygens (including phenoxy) is 2. The number of likely N-dealkylation sites (N-methyl/N-ethyl adjacent to an activating group) is 1. The first kappa shape index (κ1) is 25.1. The van der Waals surface area contributed by atoms with Gasteiger partial charge in [0.1, 0.15) is 18.1 Å². The molecule has 1 saturated heterocycles. The fraction of sp³-hybridized carbons (Fsp3) is 0.333. The Labute approximate surface area is 200 Å². The lowest BCUT2D eigenvalue weighted by molar-refractivity contribution is -0.857. The van der Waals surface area contributed by atoms with Gasteiger partial charge in [-0.15, -0.1) is 0 Å². The lowest BCUT2D eigenvalue weighted by atomic mass is 9.95. The molecule has 0 spiro atoms. The van der Waals surface area contributed by atoms with Gasteiger partial charge in [-0.2, -0.15) is 0 Å². The second kappa shape index (κ2) is 11.5. The summed E-state index contributed by atoms with van der Waals surface area (Å²) in [6.45, 7) is 7.59. The van der Waals surface area contributed by atoms with Gasteiger partial charge in [-0.05, 0) is 41.8 Å². The van der Waals surface area contributed by atoms with Crippen molar-refractivity contribution in [2.24, 2.45) is 0 Å². The molecule has 1 heterocycles. The highest BCUT2D eigenvalue weighted by Crippen LogP contribution is 2.39. The van der Waals surface area contributed by atoms with Crippen LogP contribution in [0.25, 0.3) is 5.76 Å². The van der Waals surface area contributed by atoms with E-state index in [0.717, 1.165) is 11.3 Å². The number of hydrogen-bond donors (Lipinski definition) is 1. The van der Waals surface area contributed by atoms with E-state index in [2.05, 4.69) is 6.58 Å². The van der Waals surface area contributed by atoms with Crippen LogP contribution in [0.2, 0.25) is 0 Å². The van der Waals surface area contributed by atoms with Gasteiger partial charge in [0.25, 0.3) is 5.91 Å². The number of quaternary nitrogens is 1. The molecular weight excluding hydrogens is 432 g/mol. The largest absolute Gasteiger partial charge is 0.872 e. The summed E-state index contributed by atoms with van der Waals surface area (Å²) in [5.74, 6) is -0.554. The first-order valence-electron chi connectivity index (χ1n) is 11.5. The molecule has 2 aromatic rings. The summed E-state index contributed by atoms with van der Waals surface area (Å²) < 4.78 is 11.1. The number of nitrogens with one attached hydrogen (secondary N) is 1. The van der Waals surface area contributed by atoms with Crippen LogP contribution in [0.1, 0.15) is 30.5 Å². The van der Waals surface area contributed by atoms with Crippen molar-refractivity contribution in [3.05, 3.63) is 77.9 Å². The summed E-state index contributed by atoms with van der Waals surface area (Å²) in [5.41, 5.74) is 1.00. The van der Waals surface area contributed by atoms with E-state index in [0.29, 0.717) is 48.9 Å². The van der Waals surface area contributed by atoms with E-state index in [-0.39, 0.29) is 5.57 Å². The molecule has 0 aromatic heterocycles. The highest BCUT2D eigenvalue weighted by molar-refractivity contribution is 6.46. The quantitative estimate of drug-likeness (QED) is 0.235. The summed E-state index contributed by atoms with van der Waals surface area (Å²) in [7, 11) is 3.95. The van der Waals surface area contributed by atoms with E-state index in [1.165, 1.54) is 4.90 Å². The monoisotopic (exact) mass is 464 g/mol. The average Bonchev–Trinajstić information content (AvgIpc) is 3.10. The van der Waals surface area contributed by atoms with E-state index in [9.17, 15) is 14.7 Å². The smallest absolute Gasteiger partial charge is 0.295 e. The Morgan fingerprint density at radius 3 is 2.26 bits per heavy atom. The van der Waals surface area contributed by atoms with Gasteiger partial charge in [0.05, 0.1) is 39.8 Å². The molecule has 0 radical (unpaired) electrons. The topological polar surface area (TPSA) is 83.3 Å². The summed E-state index contributed by atoms with van der Waals surface area (Å²) in [6.07, 6.45) is 2.52. The number of carbonyl (C=O) groups is 2. The minimum Gasteiger partial charge on any atom is -0.872 e. The zero-order chi connectivity index (χ0) is 24.7. The SMILES string of the molecule is C=CCOc1ccc(C2C(=C([O-])c3ccc(OCCC)cc3)C(=O)C(=O)N2CC[NH+](C)C)cc1. The van der Waals surface area contributed by atoms with Crippen LogP contribution in [0.4, 0.5) is 0 Å². The number of likely N-dealkylation sites (tertiary alicyclic amines) is 1. The highest BCUT2D eigenvalue weighted by atomic mass is 16.5. The Morgan fingerprint density at radius 2 is 1.68 bits per heavy atom. The summed E-state index contributed by atoms with van der Waals surface area (Å²) in [6, 6.07) is 13.0. The van der Waals surface area contributed by atoms with Crippen LogP contribution < -0.4 is 19.5 Å². The molecule has 34 heavy (non-hydrogen) atoms. The predicted molar refractivity (Wildman–Crippen MR) is 128 cm³/mol. The van der Waals surface area contributed by atoms with Gasteiger partial charge in [0, 0.05) is 5.57 Å². The van der Waals surface area contributed by atoms with Crippen molar-refractivity contribution in [3.8, 4) is 11.5 Å². The number of Topliss-reactive ketones (excluding diaryl/α,β-unsaturated/α-hetero) is 1. The molecule has 0 saturated carbocycles. The molecule has 0 bridgehead atoms. The van der Waals surface area contributed by atoms with Gasteiger partial charge in [-0.3, -0.25) is 9.59 Å². The molecule has 1 unspecified atom stereocenters. The van der Waals surface area contributed by atoms with Gasteiger partial charge < -0.3 is 24.4 Å². The average molecular weight is 465 g/mol. The van der Waals surface area contributed by atoms with Crippen LogP contribution in [-0.2, 0) is 9.59 Å². The van der Waals surface area contributed by atoms with Gasteiger partial charge in [0.2, 0.25) is 5.78 Å². The fourth-order valence-corrected chi connectivity index (χ4v) is 3.77. The van der Waals surface area contributed by atoms with Crippen molar-refractivity contribution in [2.45, 2.75) is 19.4 Å².